The van der Waals surface area contributed by atoms with Gasteiger partial charge in [-0.15, -0.1) is 0 Å². The van der Waals surface area contributed by atoms with Gasteiger partial charge in [-0.05, 0) is 103 Å². The quantitative estimate of drug-likeness (QED) is 0.0995. The molecule has 0 saturated carbocycles. The molecule has 0 spiro atoms. The summed E-state index contributed by atoms with van der Waals surface area (Å²) >= 11 is 0. The van der Waals surface area contributed by atoms with Crippen molar-refractivity contribution >= 4 is 62.2 Å². The molecule has 0 aliphatic carbocycles. The second kappa shape index (κ2) is 25.5. The molecule has 2 aliphatic rings. The van der Waals surface area contributed by atoms with E-state index in [0.29, 0.717) is 18.1 Å². The van der Waals surface area contributed by atoms with Crippen LogP contribution in [0.4, 0.5) is 34.5 Å². The third-order valence-electron chi connectivity index (χ3n) is 15.1. The highest BCUT2D eigenvalue weighted by Crippen LogP contribution is 2.34. The molecule has 424 valence electrons. The van der Waals surface area contributed by atoms with Crippen LogP contribution in [0.5, 0.6) is 11.5 Å². The second-order valence-electron chi connectivity index (χ2n) is 20.5. The van der Waals surface area contributed by atoms with Crippen molar-refractivity contribution in [2.45, 2.75) is 12.8 Å². The first-order chi connectivity index (χ1) is 41.4. The number of imidazole rings is 3. The van der Waals surface area contributed by atoms with Gasteiger partial charge in [-0.3, -0.25) is 0 Å². The van der Waals surface area contributed by atoms with Crippen molar-refractivity contribution in [1.29, 1.82) is 0 Å². The standard InChI is InChI=1S/C23H23N5O2.C22H23N5.C21H20N4O2/c1-29-21-5-3-2-4-19(21)20-16-28-11-10-24-23(28)22(26-20)25-17-6-8-18(9-7-17)27-12-14-30-15-13-27;1-25-11-5-12-26(15-14-25)22-21-23-10-13-27(21)16-20(24-22)19-9-4-7-17-6-2-3-8-18(17)19;1-27-19-5-3-2-4-17(19)18-14-25-12-11-22-21(25)20(24-18)23-16-8-6-15(7-9-16)10-13-26/h2-11,16H,12-15H2,1H3,(H,25,26);2-4,6-10,13,16H,5,11-12,14-15H2,1H3;2-9,11-12,14,26H,10,13H2,1H3,(H,23,24). The van der Waals surface area contributed by atoms with Crippen molar-refractivity contribution in [3.05, 3.63) is 201 Å². The number of para-hydroxylation sites is 2. The zero-order valence-electron chi connectivity index (χ0n) is 47.3. The first-order valence-corrected chi connectivity index (χ1v) is 28.3. The summed E-state index contributed by atoms with van der Waals surface area (Å²) in [6, 6.07) is 46.9. The Hall–Kier alpha value is -9.88. The number of ether oxygens (including phenoxy) is 3. The summed E-state index contributed by atoms with van der Waals surface area (Å²) in [7, 11) is 5.51. The normalized spacial score (nSPS) is 13.7. The Morgan fingerprint density at radius 3 is 1.64 bits per heavy atom. The van der Waals surface area contributed by atoms with Crippen LogP contribution >= 0.6 is 0 Å². The van der Waals surface area contributed by atoms with E-state index >= 15 is 0 Å². The number of benzene rings is 6. The van der Waals surface area contributed by atoms with Crippen molar-refractivity contribution in [1.82, 2.24) is 48.0 Å². The molecule has 14 rings (SSSR count). The molecule has 2 aliphatic heterocycles. The lowest BCUT2D eigenvalue weighted by molar-refractivity contribution is 0.122. The van der Waals surface area contributed by atoms with Gasteiger partial charge in [0.2, 0.25) is 0 Å². The maximum atomic E-state index is 9.05. The van der Waals surface area contributed by atoms with E-state index in [4.69, 9.17) is 34.3 Å². The van der Waals surface area contributed by atoms with E-state index in [2.05, 4.69) is 125 Å². The number of fused-ring (bicyclic) bond motifs is 4. The third-order valence-corrected chi connectivity index (χ3v) is 15.1. The smallest absolute Gasteiger partial charge is 0.180 e. The average Bonchev–Trinajstić information content (AvgIpc) is 4.30. The highest BCUT2D eigenvalue weighted by atomic mass is 16.5. The molecular formula is C66H66N14O4. The summed E-state index contributed by atoms with van der Waals surface area (Å²) in [6.45, 7) is 7.70. The van der Waals surface area contributed by atoms with E-state index < -0.39 is 0 Å². The van der Waals surface area contributed by atoms with Crippen molar-refractivity contribution in [2.75, 3.05) is 101 Å². The summed E-state index contributed by atoms with van der Waals surface area (Å²) in [5.41, 5.74) is 12.2. The summed E-state index contributed by atoms with van der Waals surface area (Å²) in [4.78, 5) is 35.3. The molecule has 2 fully saturated rings. The van der Waals surface area contributed by atoms with Gasteiger partial charge in [0.15, 0.2) is 34.4 Å². The van der Waals surface area contributed by atoms with Crippen LogP contribution in [0.2, 0.25) is 0 Å². The molecule has 2 saturated heterocycles. The molecule has 6 aromatic heterocycles. The Kier molecular flexibility index (Phi) is 16.6. The number of hydrogen-bond acceptors (Lipinski definition) is 15. The van der Waals surface area contributed by atoms with Gasteiger partial charge in [0.1, 0.15) is 11.5 Å². The van der Waals surface area contributed by atoms with Gasteiger partial charge >= 0.3 is 0 Å². The molecular weight excluding hydrogens is 1050 g/mol. The molecule has 0 bridgehead atoms. The van der Waals surface area contributed by atoms with Crippen LogP contribution in [-0.2, 0) is 11.2 Å². The minimum atomic E-state index is 0.143. The van der Waals surface area contributed by atoms with E-state index in [0.717, 1.165) is 144 Å². The molecule has 12 aromatic rings. The molecule has 0 atom stereocenters. The lowest BCUT2D eigenvalue weighted by Crippen LogP contribution is -2.36. The van der Waals surface area contributed by atoms with Gasteiger partial charge in [-0.1, -0.05) is 78.9 Å². The molecule has 0 unspecified atom stereocenters. The molecule has 8 heterocycles. The zero-order valence-corrected chi connectivity index (χ0v) is 47.3. The predicted molar refractivity (Wildman–Crippen MR) is 333 cm³/mol. The first-order valence-electron chi connectivity index (χ1n) is 28.3. The number of aromatic nitrogens is 9. The number of nitrogens with one attached hydrogen (secondary N) is 2. The fraction of sp³-hybridized carbons (Fsp3) is 0.212. The Balaban J connectivity index is 0.000000124. The molecule has 6 aromatic carbocycles. The van der Waals surface area contributed by atoms with E-state index in [1.54, 1.807) is 26.6 Å². The van der Waals surface area contributed by atoms with E-state index in [1.165, 1.54) is 16.5 Å². The monoisotopic (exact) mass is 1120 g/mol. The van der Waals surface area contributed by atoms with Gasteiger partial charge in [-0.2, -0.15) is 0 Å². The number of aliphatic hydroxyl groups excluding tert-OH is 1. The molecule has 0 radical (unpaired) electrons. The largest absolute Gasteiger partial charge is 0.496 e. The molecule has 18 nitrogen and oxygen atoms in total. The minimum Gasteiger partial charge on any atom is -0.496 e. The van der Waals surface area contributed by atoms with Crippen molar-refractivity contribution < 1.29 is 19.3 Å². The van der Waals surface area contributed by atoms with Crippen LogP contribution in [0, 0.1) is 0 Å². The Morgan fingerprint density at radius 1 is 0.512 bits per heavy atom. The van der Waals surface area contributed by atoms with Crippen molar-refractivity contribution in [3.63, 3.8) is 0 Å². The van der Waals surface area contributed by atoms with Crippen LogP contribution in [0.3, 0.4) is 0 Å². The van der Waals surface area contributed by atoms with Crippen LogP contribution < -0.4 is 29.9 Å². The van der Waals surface area contributed by atoms with Crippen LogP contribution in [-0.4, -0.2) is 133 Å². The van der Waals surface area contributed by atoms with Crippen molar-refractivity contribution in [2.24, 2.45) is 0 Å². The summed E-state index contributed by atoms with van der Waals surface area (Å²) in [5, 5.41) is 18.3. The fourth-order valence-corrected chi connectivity index (χ4v) is 10.7. The maximum absolute atomic E-state index is 9.05. The zero-order chi connectivity index (χ0) is 57.2. The number of aliphatic hydroxyl groups is 1. The van der Waals surface area contributed by atoms with E-state index in [-0.39, 0.29) is 6.61 Å². The predicted octanol–water partition coefficient (Wildman–Crippen LogP) is 11.4. The van der Waals surface area contributed by atoms with Gasteiger partial charge in [0, 0.05) is 129 Å². The second-order valence-corrected chi connectivity index (χ2v) is 20.5. The fourth-order valence-electron chi connectivity index (χ4n) is 10.7. The average molecular weight is 1120 g/mol. The van der Waals surface area contributed by atoms with E-state index in [1.807, 2.05) is 119 Å². The topological polar surface area (TPSA) is 172 Å². The third kappa shape index (κ3) is 12.2. The lowest BCUT2D eigenvalue weighted by atomic mass is 10.0. The molecule has 84 heavy (non-hydrogen) atoms. The summed E-state index contributed by atoms with van der Waals surface area (Å²) in [6.07, 6.45) is 19.0. The minimum absolute atomic E-state index is 0.143. The number of hydrogen-bond donors (Lipinski definition) is 3. The molecule has 3 N–H and O–H groups in total. The maximum Gasteiger partial charge on any atom is 0.180 e. The van der Waals surface area contributed by atoms with Crippen molar-refractivity contribution in [3.8, 4) is 45.3 Å². The highest BCUT2D eigenvalue weighted by molar-refractivity contribution is 5.96. The highest BCUT2D eigenvalue weighted by Gasteiger charge is 2.21. The van der Waals surface area contributed by atoms with E-state index in [9.17, 15) is 0 Å². The summed E-state index contributed by atoms with van der Waals surface area (Å²) in [5.74, 6) is 3.90. The number of nitrogens with zero attached hydrogens (tertiary/aromatic N) is 12. The molecule has 0 amide bonds. The molecule has 18 heteroatoms. The lowest BCUT2D eigenvalue weighted by Gasteiger charge is -2.28. The Morgan fingerprint density at radius 2 is 1.04 bits per heavy atom. The number of rotatable bonds is 13. The summed E-state index contributed by atoms with van der Waals surface area (Å²) < 4.78 is 22.5. The number of likely N-dealkylation sites (N-methyl/N-ethyl adjacent to an activating group) is 1. The van der Waals surface area contributed by atoms with Crippen LogP contribution in [0.25, 0.3) is 61.5 Å². The van der Waals surface area contributed by atoms with Gasteiger partial charge in [-0.25, -0.2) is 29.9 Å². The first kappa shape index (κ1) is 54.7. The van der Waals surface area contributed by atoms with Crippen LogP contribution in [0.15, 0.2) is 195 Å². The van der Waals surface area contributed by atoms with Gasteiger partial charge in [0.25, 0.3) is 0 Å². The van der Waals surface area contributed by atoms with Crippen LogP contribution in [0.1, 0.15) is 12.0 Å². The Bertz CT molecular complexity index is 4150. The van der Waals surface area contributed by atoms with Gasteiger partial charge < -0.3 is 57.9 Å². The number of anilines is 6. The SMILES string of the molecule is CN1CCCN(c2nc(-c3cccc4ccccc34)cn3ccnc23)CC1.COc1ccccc1-c1cn2ccnc2c(Nc2ccc(CCO)cc2)n1.COc1ccccc1-c1cn2ccnc2c(Nc2ccc(N3CCOCC3)cc2)n1. The van der Waals surface area contributed by atoms with Gasteiger partial charge in [0.05, 0.1) is 44.5 Å². The number of morpholine rings is 1. The number of methoxy groups -OCH3 is 2. The Labute approximate surface area is 487 Å².